The molecule has 3 N–H and O–H groups in total. The molecule has 0 amide bonds. The van der Waals surface area contributed by atoms with Crippen molar-refractivity contribution in [3.05, 3.63) is 23.3 Å². The van der Waals surface area contributed by atoms with Gasteiger partial charge in [0.05, 0.1) is 12.0 Å². The number of aryl methyl sites for hydroxylation is 2. The standard InChI is InChI=1S/C13H22N2O3S.ClH/c1-10-9-13(11(2)8-12(10)18-3)19(16,17)15-7-5-4-6-14;/h8-9,15H,4-7,14H2,1-3H3;1H. The van der Waals surface area contributed by atoms with E-state index in [1.807, 2.05) is 6.92 Å². The van der Waals surface area contributed by atoms with Crippen molar-refractivity contribution in [2.45, 2.75) is 31.6 Å². The van der Waals surface area contributed by atoms with Crippen LogP contribution in [0.3, 0.4) is 0 Å². The Morgan fingerprint density at radius 1 is 1.20 bits per heavy atom. The molecule has 0 fully saturated rings. The van der Waals surface area contributed by atoms with Crippen molar-refractivity contribution < 1.29 is 13.2 Å². The zero-order chi connectivity index (χ0) is 14.5. The van der Waals surface area contributed by atoms with Crippen molar-refractivity contribution in [2.24, 2.45) is 5.73 Å². The Kier molecular flexibility index (Phi) is 8.12. The average molecular weight is 323 g/mol. The largest absolute Gasteiger partial charge is 0.496 e. The van der Waals surface area contributed by atoms with Crippen molar-refractivity contribution >= 4 is 22.4 Å². The molecular weight excluding hydrogens is 300 g/mol. The molecule has 1 rings (SSSR count). The maximum atomic E-state index is 12.2. The lowest BCUT2D eigenvalue weighted by Crippen LogP contribution is -2.26. The van der Waals surface area contributed by atoms with Crippen LogP contribution in [0.5, 0.6) is 5.75 Å². The zero-order valence-electron chi connectivity index (χ0n) is 12.1. The second-order valence-corrected chi connectivity index (χ2v) is 6.22. The zero-order valence-corrected chi connectivity index (χ0v) is 13.7. The molecule has 0 saturated carbocycles. The fourth-order valence-corrected chi connectivity index (χ4v) is 3.21. The van der Waals surface area contributed by atoms with E-state index in [-0.39, 0.29) is 12.4 Å². The normalized spacial score (nSPS) is 11.0. The second-order valence-electron chi connectivity index (χ2n) is 4.48. The van der Waals surface area contributed by atoms with Crippen molar-refractivity contribution in [2.75, 3.05) is 20.2 Å². The van der Waals surface area contributed by atoms with E-state index in [2.05, 4.69) is 4.72 Å². The number of rotatable bonds is 7. The van der Waals surface area contributed by atoms with Gasteiger partial charge in [-0.1, -0.05) is 0 Å². The summed E-state index contributed by atoms with van der Waals surface area (Å²) in [6.07, 6.45) is 1.55. The number of hydrogen-bond donors (Lipinski definition) is 2. The van der Waals surface area contributed by atoms with Gasteiger partial charge in [0.15, 0.2) is 0 Å². The van der Waals surface area contributed by atoms with Crippen molar-refractivity contribution in [3.8, 4) is 5.75 Å². The number of methoxy groups -OCH3 is 1. The van der Waals surface area contributed by atoms with E-state index in [4.69, 9.17) is 10.5 Å². The third-order valence-corrected chi connectivity index (χ3v) is 4.51. The number of benzene rings is 1. The van der Waals surface area contributed by atoms with Crippen LogP contribution in [-0.4, -0.2) is 28.6 Å². The molecule has 0 atom stereocenters. The van der Waals surface area contributed by atoms with Crippen LogP contribution < -0.4 is 15.2 Å². The van der Waals surface area contributed by atoms with Crippen molar-refractivity contribution in [1.29, 1.82) is 0 Å². The summed E-state index contributed by atoms with van der Waals surface area (Å²) in [7, 11) is -1.89. The summed E-state index contributed by atoms with van der Waals surface area (Å²) >= 11 is 0. The topological polar surface area (TPSA) is 81.4 Å². The Balaban J connectivity index is 0.00000361. The van der Waals surface area contributed by atoms with Gasteiger partial charge < -0.3 is 10.5 Å². The van der Waals surface area contributed by atoms with Gasteiger partial charge >= 0.3 is 0 Å². The molecule has 20 heavy (non-hydrogen) atoms. The maximum Gasteiger partial charge on any atom is 0.240 e. The van der Waals surface area contributed by atoms with E-state index < -0.39 is 10.0 Å². The van der Waals surface area contributed by atoms with Gasteiger partial charge in [-0.15, -0.1) is 12.4 Å². The molecule has 116 valence electrons. The Bertz CT molecular complexity index is 533. The van der Waals surface area contributed by atoms with Gasteiger partial charge in [0.2, 0.25) is 10.0 Å². The van der Waals surface area contributed by atoms with E-state index in [0.717, 1.165) is 18.4 Å². The van der Waals surface area contributed by atoms with Crippen LogP contribution in [-0.2, 0) is 10.0 Å². The second kappa shape index (κ2) is 8.46. The highest BCUT2D eigenvalue weighted by Gasteiger charge is 2.18. The van der Waals surface area contributed by atoms with E-state index in [1.165, 1.54) is 0 Å². The van der Waals surface area contributed by atoms with Crippen LogP contribution in [0.1, 0.15) is 24.0 Å². The summed E-state index contributed by atoms with van der Waals surface area (Å²) in [5.41, 5.74) is 6.85. The highest BCUT2D eigenvalue weighted by molar-refractivity contribution is 7.89. The van der Waals surface area contributed by atoms with Gasteiger partial charge in [-0.25, -0.2) is 13.1 Å². The van der Waals surface area contributed by atoms with Gasteiger partial charge in [0.1, 0.15) is 5.75 Å². The predicted molar refractivity (Wildman–Crippen MR) is 83.2 cm³/mol. The molecule has 0 aromatic heterocycles. The Labute approximate surface area is 127 Å². The summed E-state index contributed by atoms with van der Waals surface area (Å²) < 4.78 is 32.1. The maximum absolute atomic E-state index is 12.2. The fourth-order valence-electron chi connectivity index (χ4n) is 1.83. The van der Waals surface area contributed by atoms with Crippen LogP contribution in [0.25, 0.3) is 0 Å². The van der Waals surface area contributed by atoms with E-state index in [1.54, 1.807) is 26.2 Å². The quantitative estimate of drug-likeness (QED) is 0.749. The molecule has 0 unspecified atom stereocenters. The highest BCUT2D eigenvalue weighted by atomic mass is 35.5. The molecule has 0 bridgehead atoms. The number of hydrogen-bond acceptors (Lipinski definition) is 4. The molecule has 0 radical (unpaired) electrons. The first-order chi connectivity index (χ1) is 8.92. The molecule has 0 saturated heterocycles. The summed E-state index contributed by atoms with van der Waals surface area (Å²) in [4.78, 5) is 0.304. The fraction of sp³-hybridized carbons (Fsp3) is 0.538. The lowest BCUT2D eigenvalue weighted by Gasteiger charge is -2.12. The molecule has 0 aliphatic carbocycles. The first-order valence-corrected chi connectivity index (χ1v) is 7.75. The number of nitrogens with two attached hydrogens (primary N) is 1. The third-order valence-electron chi connectivity index (χ3n) is 2.90. The van der Waals surface area contributed by atoms with Crippen molar-refractivity contribution in [1.82, 2.24) is 4.72 Å². The minimum atomic E-state index is -3.47. The van der Waals surface area contributed by atoms with Gasteiger partial charge in [-0.2, -0.15) is 0 Å². The number of halogens is 1. The van der Waals surface area contributed by atoms with Crippen LogP contribution >= 0.6 is 12.4 Å². The summed E-state index contributed by atoms with van der Waals surface area (Å²) in [6.45, 7) is 4.56. The smallest absolute Gasteiger partial charge is 0.240 e. The molecule has 0 aliphatic rings. The minimum Gasteiger partial charge on any atom is -0.496 e. The van der Waals surface area contributed by atoms with E-state index in [0.29, 0.717) is 29.3 Å². The molecule has 1 aromatic carbocycles. The van der Waals surface area contributed by atoms with Gasteiger partial charge in [0.25, 0.3) is 0 Å². The monoisotopic (exact) mass is 322 g/mol. The summed E-state index contributed by atoms with van der Waals surface area (Å²) in [6, 6.07) is 3.38. The Morgan fingerprint density at radius 2 is 1.85 bits per heavy atom. The first kappa shape index (κ1) is 19.2. The molecule has 0 spiro atoms. The van der Waals surface area contributed by atoms with E-state index >= 15 is 0 Å². The molecule has 1 aromatic rings. The van der Waals surface area contributed by atoms with Gasteiger partial charge in [-0.05, 0) is 56.5 Å². The number of sulfonamides is 1. The molecule has 0 aliphatic heterocycles. The predicted octanol–water partition coefficient (Wildman–Crippen LogP) is 1.75. The van der Waals surface area contributed by atoms with Crippen LogP contribution in [0.4, 0.5) is 0 Å². The van der Waals surface area contributed by atoms with Crippen LogP contribution in [0.15, 0.2) is 17.0 Å². The SMILES string of the molecule is COc1cc(C)c(S(=O)(=O)NCCCCN)cc1C.Cl. The molecule has 7 heteroatoms. The van der Waals surface area contributed by atoms with Gasteiger partial charge in [0, 0.05) is 6.54 Å². The Morgan fingerprint density at radius 3 is 2.40 bits per heavy atom. The summed E-state index contributed by atoms with van der Waals surface area (Å²) in [5.74, 6) is 0.694. The molecule has 5 nitrogen and oxygen atoms in total. The average Bonchev–Trinajstić information content (AvgIpc) is 2.36. The lowest BCUT2D eigenvalue weighted by molar-refractivity contribution is 0.411. The highest BCUT2D eigenvalue weighted by Crippen LogP contribution is 2.25. The lowest BCUT2D eigenvalue weighted by atomic mass is 10.1. The first-order valence-electron chi connectivity index (χ1n) is 6.27. The third kappa shape index (κ3) is 4.94. The van der Waals surface area contributed by atoms with Crippen LogP contribution in [0.2, 0.25) is 0 Å². The minimum absolute atomic E-state index is 0. The molecular formula is C13H23ClN2O3S. The van der Waals surface area contributed by atoms with E-state index in [9.17, 15) is 8.42 Å². The number of unbranched alkanes of at least 4 members (excludes halogenated alkanes) is 1. The van der Waals surface area contributed by atoms with Crippen LogP contribution in [0, 0.1) is 13.8 Å². The summed E-state index contributed by atoms with van der Waals surface area (Å²) in [5, 5.41) is 0. The van der Waals surface area contributed by atoms with Gasteiger partial charge in [-0.3, -0.25) is 0 Å². The Hall–Kier alpha value is -0.820. The molecule has 0 heterocycles. The van der Waals surface area contributed by atoms with Crippen molar-refractivity contribution in [3.63, 3.8) is 0 Å². The number of nitrogens with one attached hydrogen (secondary N) is 1. The number of ether oxygens (including phenoxy) is 1.